The van der Waals surface area contributed by atoms with E-state index in [4.69, 9.17) is 4.74 Å². The lowest BCUT2D eigenvalue weighted by atomic mass is 10.2. The topological polar surface area (TPSA) is 37.4 Å². The van der Waals surface area contributed by atoms with Crippen LogP contribution in [0.15, 0.2) is 18.3 Å². The van der Waals surface area contributed by atoms with Crippen LogP contribution in [0.1, 0.15) is 25.3 Å². The zero-order chi connectivity index (χ0) is 12.8. The number of methoxy groups -OCH3 is 1. The smallest absolute Gasteiger partial charge is 0.128 e. The zero-order valence-electron chi connectivity index (χ0n) is 11.4. The number of aromatic nitrogens is 1. The van der Waals surface area contributed by atoms with Crippen molar-refractivity contribution in [1.29, 1.82) is 0 Å². The number of rotatable bonds is 6. The molecule has 0 radical (unpaired) electrons. The molecule has 0 aromatic carbocycles. The standard InChI is InChI=1S/C14H23N3O/c1-12-4-3-8-17(12)14-6-5-13(11-16-14)10-15-7-9-18-2/h5-6,11-12,15H,3-4,7-10H2,1-2H3. The summed E-state index contributed by atoms with van der Waals surface area (Å²) in [4.78, 5) is 6.96. The van der Waals surface area contributed by atoms with Gasteiger partial charge in [-0.05, 0) is 31.4 Å². The third kappa shape index (κ3) is 3.43. The van der Waals surface area contributed by atoms with E-state index in [0.717, 1.165) is 32.1 Å². The summed E-state index contributed by atoms with van der Waals surface area (Å²) in [6.07, 6.45) is 4.53. The van der Waals surface area contributed by atoms with Crippen molar-refractivity contribution < 1.29 is 4.74 Å². The molecule has 1 aliphatic rings. The molecule has 100 valence electrons. The quantitative estimate of drug-likeness (QED) is 0.780. The Morgan fingerprint density at radius 3 is 3.00 bits per heavy atom. The number of nitrogens with one attached hydrogen (secondary N) is 1. The van der Waals surface area contributed by atoms with Gasteiger partial charge in [-0.25, -0.2) is 4.98 Å². The number of hydrogen-bond donors (Lipinski definition) is 1. The van der Waals surface area contributed by atoms with Gasteiger partial charge in [0.15, 0.2) is 0 Å². The Morgan fingerprint density at radius 2 is 2.39 bits per heavy atom. The van der Waals surface area contributed by atoms with Crippen molar-refractivity contribution in [2.24, 2.45) is 0 Å². The van der Waals surface area contributed by atoms with E-state index in [1.165, 1.54) is 18.4 Å². The molecule has 2 rings (SSSR count). The fourth-order valence-corrected chi connectivity index (χ4v) is 2.37. The minimum atomic E-state index is 0.628. The fraction of sp³-hybridized carbons (Fsp3) is 0.643. The van der Waals surface area contributed by atoms with Gasteiger partial charge >= 0.3 is 0 Å². The second-order valence-corrected chi connectivity index (χ2v) is 4.88. The van der Waals surface area contributed by atoms with E-state index in [0.29, 0.717) is 6.04 Å². The molecule has 18 heavy (non-hydrogen) atoms. The minimum Gasteiger partial charge on any atom is -0.383 e. The first-order valence-electron chi connectivity index (χ1n) is 6.72. The molecule has 1 N–H and O–H groups in total. The Hall–Kier alpha value is -1.13. The number of nitrogens with zero attached hydrogens (tertiary/aromatic N) is 2. The Morgan fingerprint density at radius 1 is 1.50 bits per heavy atom. The summed E-state index contributed by atoms with van der Waals surface area (Å²) in [7, 11) is 1.72. The van der Waals surface area contributed by atoms with Crippen LogP contribution in [0.3, 0.4) is 0 Å². The first kappa shape index (κ1) is 13.3. The number of hydrogen-bond acceptors (Lipinski definition) is 4. The van der Waals surface area contributed by atoms with Crippen molar-refractivity contribution in [3.8, 4) is 0 Å². The molecule has 0 spiro atoms. The number of ether oxygens (including phenoxy) is 1. The van der Waals surface area contributed by atoms with Crippen LogP contribution in [0.25, 0.3) is 0 Å². The van der Waals surface area contributed by atoms with Crippen molar-refractivity contribution in [3.05, 3.63) is 23.9 Å². The maximum absolute atomic E-state index is 4.99. The van der Waals surface area contributed by atoms with Crippen molar-refractivity contribution in [2.75, 3.05) is 31.7 Å². The van der Waals surface area contributed by atoms with Gasteiger partial charge < -0.3 is 15.0 Å². The predicted molar refractivity (Wildman–Crippen MR) is 73.9 cm³/mol. The van der Waals surface area contributed by atoms with Crippen LogP contribution in [0, 0.1) is 0 Å². The minimum absolute atomic E-state index is 0.628. The largest absolute Gasteiger partial charge is 0.383 e. The molecule has 1 aromatic rings. The molecular weight excluding hydrogens is 226 g/mol. The highest BCUT2D eigenvalue weighted by atomic mass is 16.5. The Labute approximate surface area is 109 Å². The van der Waals surface area contributed by atoms with E-state index in [1.807, 2.05) is 6.20 Å². The van der Waals surface area contributed by atoms with Gasteiger partial charge in [-0.15, -0.1) is 0 Å². The van der Waals surface area contributed by atoms with Crippen molar-refractivity contribution in [3.63, 3.8) is 0 Å². The zero-order valence-corrected chi connectivity index (χ0v) is 11.4. The van der Waals surface area contributed by atoms with Crippen LogP contribution in [-0.2, 0) is 11.3 Å². The summed E-state index contributed by atoms with van der Waals surface area (Å²) >= 11 is 0. The van der Waals surface area contributed by atoms with Crippen molar-refractivity contribution in [2.45, 2.75) is 32.4 Å². The van der Waals surface area contributed by atoms with Crippen LogP contribution < -0.4 is 10.2 Å². The molecule has 1 saturated heterocycles. The molecule has 4 nitrogen and oxygen atoms in total. The molecule has 1 fully saturated rings. The first-order chi connectivity index (χ1) is 8.81. The van der Waals surface area contributed by atoms with Gasteiger partial charge in [0.05, 0.1) is 6.61 Å². The number of anilines is 1. The second-order valence-electron chi connectivity index (χ2n) is 4.88. The van der Waals surface area contributed by atoms with Gasteiger partial charge in [0.2, 0.25) is 0 Å². The van der Waals surface area contributed by atoms with E-state index < -0.39 is 0 Å². The van der Waals surface area contributed by atoms with Gasteiger partial charge in [-0.3, -0.25) is 0 Å². The Bertz CT molecular complexity index is 353. The highest BCUT2D eigenvalue weighted by Gasteiger charge is 2.20. The molecule has 1 unspecified atom stereocenters. The summed E-state index contributed by atoms with van der Waals surface area (Å²) in [5, 5.41) is 3.32. The highest BCUT2D eigenvalue weighted by Crippen LogP contribution is 2.23. The van der Waals surface area contributed by atoms with Crippen LogP contribution in [0.5, 0.6) is 0 Å². The molecule has 1 aromatic heterocycles. The molecule has 0 amide bonds. The van der Waals surface area contributed by atoms with Crippen LogP contribution in [-0.4, -0.2) is 37.8 Å². The van der Waals surface area contributed by atoms with Gasteiger partial charge in [0.25, 0.3) is 0 Å². The van der Waals surface area contributed by atoms with Crippen LogP contribution in [0.2, 0.25) is 0 Å². The van der Waals surface area contributed by atoms with Crippen LogP contribution >= 0.6 is 0 Å². The van der Waals surface area contributed by atoms with Gasteiger partial charge in [0.1, 0.15) is 5.82 Å². The summed E-state index contributed by atoms with van der Waals surface area (Å²) < 4.78 is 4.99. The highest BCUT2D eigenvalue weighted by molar-refractivity contribution is 5.41. The molecule has 2 heterocycles. The first-order valence-corrected chi connectivity index (χ1v) is 6.72. The molecule has 0 bridgehead atoms. The average molecular weight is 249 g/mol. The lowest BCUT2D eigenvalue weighted by Gasteiger charge is -2.22. The molecule has 4 heteroatoms. The summed E-state index contributed by atoms with van der Waals surface area (Å²) in [6.45, 7) is 5.89. The SMILES string of the molecule is COCCNCc1ccc(N2CCCC2C)nc1. The van der Waals surface area contributed by atoms with E-state index in [9.17, 15) is 0 Å². The number of pyridine rings is 1. The molecular formula is C14H23N3O. The lowest BCUT2D eigenvalue weighted by molar-refractivity contribution is 0.199. The third-order valence-corrected chi connectivity index (χ3v) is 3.47. The second kappa shape index (κ2) is 6.71. The average Bonchev–Trinajstić information content (AvgIpc) is 2.82. The molecule has 1 atom stereocenters. The summed E-state index contributed by atoms with van der Waals surface area (Å²) in [6, 6.07) is 4.92. The van der Waals surface area contributed by atoms with Crippen molar-refractivity contribution in [1.82, 2.24) is 10.3 Å². The van der Waals surface area contributed by atoms with Crippen molar-refractivity contribution >= 4 is 5.82 Å². The van der Waals surface area contributed by atoms with E-state index in [2.05, 4.69) is 34.3 Å². The fourth-order valence-electron chi connectivity index (χ4n) is 2.37. The van der Waals surface area contributed by atoms with Gasteiger partial charge in [0, 0.05) is 39.0 Å². The van der Waals surface area contributed by atoms with E-state index >= 15 is 0 Å². The molecule has 0 saturated carbocycles. The summed E-state index contributed by atoms with van der Waals surface area (Å²) in [5.74, 6) is 1.11. The third-order valence-electron chi connectivity index (χ3n) is 3.47. The molecule has 1 aliphatic heterocycles. The monoisotopic (exact) mass is 249 g/mol. The normalized spacial score (nSPS) is 19.4. The van der Waals surface area contributed by atoms with Crippen LogP contribution in [0.4, 0.5) is 5.82 Å². The van der Waals surface area contributed by atoms with Gasteiger partial charge in [-0.1, -0.05) is 6.07 Å². The Balaban J connectivity index is 1.85. The van der Waals surface area contributed by atoms with E-state index in [-0.39, 0.29) is 0 Å². The predicted octanol–water partition coefficient (Wildman–Crippen LogP) is 1.81. The van der Waals surface area contributed by atoms with E-state index in [1.54, 1.807) is 7.11 Å². The maximum atomic E-state index is 4.99. The summed E-state index contributed by atoms with van der Waals surface area (Å²) in [5.41, 5.74) is 1.22. The van der Waals surface area contributed by atoms with Gasteiger partial charge in [-0.2, -0.15) is 0 Å². The molecule has 0 aliphatic carbocycles. The maximum Gasteiger partial charge on any atom is 0.128 e. The lowest BCUT2D eigenvalue weighted by Crippen LogP contribution is -2.27. The Kier molecular flexibility index (Phi) is 4.96.